The molecular formula is C14H17ClN2O2. The molecule has 0 spiro atoms. The molecule has 0 aliphatic heterocycles. The van der Waals surface area contributed by atoms with Crippen LogP contribution in [0.5, 0.6) is 0 Å². The first-order chi connectivity index (χ1) is 8.88. The molecule has 1 aromatic heterocycles. The van der Waals surface area contributed by atoms with E-state index in [0.717, 1.165) is 5.56 Å². The third kappa shape index (κ3) is 3.33. The van der Waals surface area contributed by atoms with E-state index in [4.69, 9.17) is 16.1 Å². The number of rotatable bonds is 3. The molecule has 0 saturated heterocycles. The number of nitrogens with zero attached hydrogens (tertiary/aromatic N) is 2. The van der Waals surface area contributed by atoms with Crippen molar-refractivity contribution < 1.29 is 9.63 Å². The van der Waals surface area contributed by atoms with Crippen LogP contribution < -0.4 is 0 Å². The maximum atomic E-state index is 10.0. The molecule has 0 saturated carbocycles. The van der Waals surface area contributed by atoms with Crippen molar-refractivity contribution in [2.45, 2.75) is 33.3 Å². The second-order valence-corrected chi connectivity index (χ2v) is 5.98. The molecule has 1 atom stereocenters. The number of halogens is 1. The quantitative estimate of drug-likeness (QED) is 0.937. The lowest BCUT2D eigenvalue weighted by Crippen LogP contribution is -2.28. The summed E-state index contributed by atoms with van der Waals surface area (Å²) in [4.78, 5) is 4.27. The first kappa shape index (κ1) is 14.0. The van der Waals surface area contributed by atoms with Crippen LogP contribution in [0, 0.1) is 5.41 Å². The first-order valence-electron chi connectivity index (χ1n) is 6.13. The van der Waals surface area contributed by atoms with Gasteiger partial charge in [-0.25, -0.2) is 0 Å². The van der Waals surface area contributed by atoms with E-state index in [1.165, 1.54) is 0 Å². The topological polar surface area (TPSA) is 59.2 Å². The van der Waals surface area contributed by atoms with Gasteiger partial charge in [-0.2, -0.15) is 4.98 Å². The molecule has 1 aromatic carbocycles. The fourth-order valence-electron chi connectivity index (χ4n) is 1.56. The summed E-state index contributed by atoms with van der Waals surface area (Å²) in [7, 11) is 0. The second kappa shape index (κ2) is 5.31. The minimum absolute atomic E-state index is 0.223. The molecule has 2 aromatic rings. The summed E-state index contributed by atoms with van der Waals surface area (Å²) in [5.74, 6) is 0.860. The van der Waals surface area contributed by atoms with Crippen LogP contribution in [0.1, 0.15) is 26.7 Å². The molecule has 0 aliphatic carbocycles. The van der Waals surface area contributed by atoms with Crippen LogP contribution in [0.4, 0.5) is 0 Å². The standard InChI is InChI=1S/C14H17ClN2O2/c1-14(2,3)11(18)8-12-16-13(17-19-12)9-6-4-5-7-10(9)15/h4-7,11,18H,8H2,1-3H3. The summed E-state index contributed by atoms with van der Waals surface area (Å²) in [5, 5.41) is 14.5. The molecule has 0 amide bonds. The largest absolute Gasteiger partial charge is 0.392 e. The summed E-state index contributed by atoms with van der Waals surface area (Å²) >= 11 is 6.08. The normalized spacial score (nSPS) is 13.5. The molecule has 0 fully saturated rings. The molecule has 1 heterocycles. The summed E-state index contributed by atoms with van der Waals surface area (Å²) in [5.41, 5.74) is 0.503. The molecule has 0 radical (unpaired) electrons. The van der Waals surface area contributed by atoms with Crippen molar-refractivity contribution in [3.05, 3.63) is 35.2 Å². The predicted molar refractivity (Wildman–Crippen MR) is 73.9 cm³/mol. The first-order valence-corrected chi connectivity index (χ1v) is 6.51. The highest BCUT2D eigenvalue weighted by molar-refractivity contribution is 6.33. The summed E-state index contributed by atoms with van der Waals surface area (Å²) < 4.78 is 5.16. The van der Waals surface area contributed by atoms with E-state index >= 15 is 0 Å². The van der Waals surface area contributed by atoms with Crippen LogP contribution in [0.2, 0.25) is 5.02 Å². The van der Waals surface area contributed by atoms with Crippen LogP contribution in [-0.4, -0.2) is 21.4 Å². The van der Waals surface area contributed by atoms with E-state index in [0.29, 0.717) is 23.2 Å². The zero-order chi connectivity index (χ0) is 14.0. The number of aliphatic hydroxyl groups is 1. The Balaban J connectivity index is 2.19. The van der Waals surface area contributed by atoms with Crippen molar-refractivity contribution in [2.75, 3.05) is 0 Å². The van der Waals surface area contributed by atoms with Gasteiger partial charge in [0.2, 0.25) is 11.7 Å². The number of hydrogen-bond acceptors (Lipinski definition) is 4. The maximum absolute atomic E-state index is 10.0. The molecule has 4 nitrogen and oxygen atoms in total. The van der Waals surface area contributed by atoms with Gasteiger partial charge in [-0.3, -0.25) is 0 Å². The van der Waals surface area contributed by atoms with Gasteiger partial charge >= 0.3 is 0 Å². The van der Waals surface area contributed by atoms with Gasteiger partial charge in [0.25, 0.3) is 0 Å². The SMILES string of the molecule is CC(C)(C)C(O)Cc1nc(-c2ccccc2Cl)no1. The Labute approximate surface area is 117 Å². The lowest BCUT2D eigenvalue weighted by atomic mass is 9.87. The Hall–Kier alpha value is -1.39. The fraction of sp³-hybridized carbons (Fsp3) is 0.429. The Morgan fingerprint density at radius 2 is 2.00 bits per heavy atom. The smallest absolute Gasteiger partial charge is 0.229 e. The lowest BCUT2D eigenvalue weighted by Gasteiger charge is -2.24. The van der Waals surface area contributed by atoms with Crippen LogP contribution in [0.15, 0.2) is 28.8 Å². The lowest BCUT2D eigenvalue weighted by molar-refractivity contribution is 0.0565. The summed E-state index contributed by atoms with van der Waals surface area (Å²) in [6.07, 6.45) is -0.201. The van der Waals surface area contributed by atoms with Crippen molar-refractivity contribution in [2.24, 2.45) is 5.41 Å². The van der Waals surface area contributed by atoms with Crippen LogP contribution in [0.25, 0.3) is 11.4 Å². The van der Waals surface area contributed by atoms with Gasteiger partial charge in [0.1, 0.15) is 0 Å². The average Bonchev–Trinajstić information content (AvgIpc) is 2.76. The van der Waals surface area contributed by atoms with Gasteiger partial charge in [0.05, 0.1) is 17.5 Å². The number of hydrogen-bond donors (Lipinski definition) is 1. The van der Waals surface area contributed by atoms with Gasteiger partial charge in [-0.15, -0.1) is 0 Å². The average molecular weight is 281 g/mol. The van der Waals surface area contributed by atoms with Crippen molar-refractivity contribution in [1.29, 1.82) is 0 Å². The zero-order valence-corrected chi connectivity index (χ0v) is 12.0. The third-order valence-electron chi connectivity index (χ3n) is 2.95. The molecule has 0 bridgehead atoms. The molecule has 19 heavy (non-hydrogen) atoms. The molecule has 1 unspecified atom stereocenters. The maximum Gasteiger partial charge on any atom is 0.229 e. The van der Waals surface area contributed by atoms with Gasteiger partial charge < -0.3 is 9.63 Å². The summed E-state index contributed by atoms with van der Waals surface area (Å²) in [6, 6.07) is 7.31. The highest BCUT2D eigenvalue weighted by atomic mass is 35.5. The van der Waals surface area contributed by atoms with Crippen molar-refractivity contribution in [1.82, 2.24) is 10.1 Å². The molecule has 1 N–H and O–H groups in total. The Morgan fingerprint density at radius 3 is 2.63 bits per heavy atom. The van der Waals surface area contributed by atoms with Crippen molar-refractivity contribution in [3.8, 4) is 11.4 Å². The van der Waals surface area contributed by atoms with Crippen molar-refractivity contribution >= 4 is 11.6 Å². The molecule has 0 aliphatic rings. The highest BCUT2D eigenvalue weighted by Gasteiger charge is 2.25. The second-order valence-electron chi connectivity index (χ2n) is 5.58. The minimum Gasteiger partial charge on any atom is -0.392 e. The monoisotopic (exact) mass is 280 g/mol. The molecular weight excluding hydrogens is 264 g/mol. The number of aromatic nitrogens is 2. The molecule has 102 valence electrons. The zero-order valence-electron chi connectivity index (χ0n) is 11.2. The van der Waals surface area contributed by atoms with Gasteiger partial charge in [0.15, 0.2) is 0 Å². The van der Waals surface area contributed by atoms with E-state index < -0.39 is 6.10 Å². The minimum atomic E-state index is -0.535. The fourth-order valence-corrected chi connectivity index (χ4v) is 1.78. The van der Waals surface area contributed by atoms with Gasteiger partial charge in [0, 0.05) is 5.56 Å². The van der Waals surface area contributed by atoms with E-state index in [1.807, 2.05) is 39.0 Å². The number of benzene rings is 1. The molecule has 2 rings (SSSR count). The predicted octanol–water partition coefficient (Wildman–Crippen LogP) is 3.34. The van der Waals surface area contributed by atoms with Gasteiger partial charge in [-0.05, 0) is 17.5 Å². The van der Waals surface area contributed by atoms with E-state index in [-0.39, 0.29) is 5.41 Å². The van der Waals surface area contributed by atoms with Crippen LogP contribution >= 0.6 is 11.6 Å². The summed E-state index contributed by atoms with van der Waals surface area (Å²) in [6.45, 7) is 5.88. The van der Waals surface area contributed by atoms with E-state index in [2.05, 4.69) is 10.1 Å². The van der Waals surface area contributed by atoms with Crippen LogP contribution in [-0.2, 0) is 6.42 Å². The Kier molecular flexibility index (Phi) is 3.92. The van der Waals surface area contributed by atoms with Crippen LogP contribution in [0.3, 0.4) is 0 Å². The third-order valence-corrected chi connectivity index (χ3v) is 3.28. The molecule has 5 heteroatoms. The Morgan fingerprint density at radius 1 is 1.32 bits per heavy atom. The number of aliphatic hydroxyl groups excluding tert-OH is 1. The van der Waals surface area contributed by atoms with Gasteiger partial charge in [-0.1, -0.05) is 49.7 Å². The van der Waals surface area contributed by atoms with E-state index in [1.54, 1.807) is 6.07 Å². The van der Waals surface area contributed by atoms with Crippen molar-refractivity contribution in [3.63, 3.8) is 0 Å². The van der Waals surface area contributed by atoms with E-state index in [9.17, 15) is 5.11 Å². The highest BCUT2D eigenvalue weighted by Crippen LogP contribution is 2.26. The Bertz CT molecular complexity index is 561.